The summed E-state index contributed by atoms with van der Waals surface area (Å²) in [5, 5.41) is 12.2. The smallest absolute Gasteiger partial charge is 0.255 e. The van der Waals surface area contributed by atoms with Crippen LogP contribution in [0.25, 0.3) is 0 Å². The normalized spacial score (nSPS) is 11.7. The number of hydrogen-bond acceptors (Lipinski definition) is 4. The fourth-order valence-corrected chi connectivity index (χ4v) is 1.48. The van der Waals surface area contributed by atoms with Crippen LogP contribution in [-0.4, -0.2) is 30.1 Å². The number of rotatable bonds is 5. The number of methoxy groups -OCH3 is 1. The van der Waals surface area contributed by atoms with E-state index in [9.17, 15) is 14.7 Å². The van der Waals surface area contributed by atoms with E-state index in [1.165, 1.54) is 19.2 Å². The lowest BCUT2D eigenvalue weighted by atomic mass is 10.1. The molecule has 6 heteroatoms. The molecule has 0 aromatic heterocycles. The number of nitrogens with two attached hydrogens (primary N) is 1. The Hall–Kier alpha value is -2.24. The number of carbonyl (C=O) groups is 2. The summed E-state index contributed by atoms with van der Waals surface area (Å²) in [4.78, 5) is 22.5. The van der Waals surface area contributed by atoms with E-state index in [0.29, 0.717) is 5.75 Å². The van der Waals surface area contributed by atoms with Crippen molar-refractivity contribution in [3.05, 3.63) is 23.8 Å². The number of primary amides is 1. The SMILES string of the molecule is COc1ccc(O)c(C(=O)NC(C)CC(N)=O)c1. The fourth-order valence-electron chi connectivity index (χ4n) is 1.48. The van der Waals surface area contributed by atoms with Gasteiger partial charge in [-0.15, -0.1) is 0 Å². The van der Waals surface area contributed by atoms with Crippen LogP contribution in [0.2, 0.25) is 0 Å². The molecule has 1 rings (SSSR count). The van der Waals surface area contributed by atoms with Crippen LogP contribution in [0.1, 0.15) is 23.7 Å². The number of phenolic OH excluding ortho intramolecular Hbond substituents is 1. The van der Waals surface area contributed by atoms with Gasteiger partial charge >= 0.3 is 0 Å². The predicted molar refractivity (Wildman–Crippen MR) is 65.4 cm³/mol. The molecule has 0 aliphatic heterocycles. The highest BCUT2D eigenvalue weighted by atomic mass is 16.5. The number of carbonyl (C=O) groups excluding carboxylic acids is 2. The van der Waals surface area contributed by atoms with Crippen molar-refractivity contribution in [2.24, 2.45) is 5.73 Å². The molecule has 18 heavy (non-hydrogen) atoms. The highest BCUT2D eigenvalue weighted by Crippen LogP contribution is 2.22. The molecule has 0 heterocycles. The van der Waals surface area contributed by atoms with E-state index >= 15 is 0 Å². The third-order valence-electron chi connectivity index (χ3n) is 2.33. The zero-order valence-corrected chi connectivity index (χ0v) is 10.3. The number of nitrogens with one attached hydrogen (secondary N) is 1. The monoisotopic (exact) mass is 252 g/mol. The van der Waals surface area contributed by atoms with Gasteiger partial charge in [-0.25, -0.2) is 0 Å². The van der Waals surface area contributed by atoms with Crippen LogP contribution >= 0.6 is 0 Å². The highest BCUT2D eigenvalue weighted by molar-refractivity contribution is 5.97. The van der Waals surface area contributed by atoms with Crippen LogP contribution in [0, 0.1) is 0 Å². The van der Waals surface area contributed by atoms with Gasteiger partial charge in [-0.1, -0.05) is 0 Å². The number of aromatic hydroxyl groups is 1. The molecule has 1 atom stereocenters. The van der Waals surface area contributed by atoms with Gasteiger partial charge in [0.2, 0.25) is 5.91 Å². The van der Waals surface area contributed by atoms with Crippen molar-refractivity contribution >= 4 is 11.8 Å². The topological polar surface area (TPSA) is 102 Å². The standard InChI is InChI=1S/C12H16N2O4/c1-7(5-11(13)16)14-12(17)9-6-8(18-2)3-4-10(9)15/h3-4,6-7,15H,5H2,1-2H3,(H2,13,16)(H,14,17). The van der Waals surface area contributed by atoms with Crippen molar-refractivity contribution in [3.63, 3.8) is 0 Å². The van der Waals surface area contributed by atoms with E-state index in [0.717, 1.165) is 0 Å². The molecule has 0 radical (unpaired) electrons. The minimum atomic E-state index is -0.502. The molecule has 1 aromatic rings. The van der Waals surface area contributed by atoms with Crippen molar-refractivity contribution in [2.75, 3.05) is 7.11 Å². The van der Waals surface area contributed by atoms with Gasteiger partial charge in [0.25, 0.3) is 5.91 Å². The lowest BCUT2D eigenvalue weighted by molar-refractivity contribution is -0.118. The maximum Gasteiger partial charge on any atom is 0.255 e. The van der Waals surface area contributed by atoms with Gasteiger partial charge in [-0.2, -0.15) is 0 Å². The highest BCUT2D eigenvalue weighted by Gasteiger charge is 2.15. The van der Waals surface area contributed by atoms with E-state index in [1.807, 2.05) is 0 Å². The van der Waals surface area contributed by atoms with E-state index in [1.54, 1.807) is 13.0 Å². The minimum Gasteiger partial charge on any atom is -0.507 e. The summed E-state index contributed by atoms with van der Waals surface area (Å²) in [6.07, 6.45) is 0.0382. The van der Waals surface area contributed by atoms with Crippen molar-refractivity contribution in [1.82, 2.24) is 5.32 Å². The number of benzene rings is 1. The molecule has 0 saturated carbocycles. The Morgan fingerprint density at radius 1 is 1.50 bits per heavy atom. The van der Waals surface area contributed by atoms with E-state index in [-0.39, 0.29) is 17.7 Å². The first-order valence-corrected chi connectivity index (χ1v) is 5.40. The molecule has 98 valence electrons. The lowest BCUT2D eigenvalue weighted by Crippen LogP contribution is -2.35. The van der Waals surface area contributed by atoms with Crippen LogP contribution in [0.15, 0.2) is 18.2 Å². The third-order valence-corrected chi connectivity index (χ3v) is 2.33. The number of hydrogen-bond donors (Lipinski definition) is 3. The lowest BCUT2D eigenvalue weighted by Gasteiger charge is -2.13. The van der Waals surface area contributed by atoms with E-state index in [4.69, 9.17) is 10.5 Å². The Balaban J connectivity index is 2.80. The second-order valence-corrected chi connectivity index (χ2v) is 3.93. The quantitative estimate of drug-likeness (QED) is 0.705. The summed E-state index contributed by atoms with van der Waals surface area (Å²) < 4.78 is 4.96. The van der Waals surface area contributed by atoms with Crippen molar-refractivity contribution < 1.29 is 19.4 Å². The summed E-state index contributed by atoms with van der Waals surface area (Å²) in [6.45, 7) is 1.65. The molecular weight excluding hydrogens is 236 g/mol. The molecule has 2 amide bonds. The molecule has 0 spiro atoms. The van der Waals surface area contributed by atoms with Gasteiger partial charge in [0.1, 0.15) is 11.5 Å². The molecule has 4 N–H and O–H groups in total. The number of phenols is 1. The summed E-state index contributed by atoms with van der Waals surface area (Å²) in [6, 6.07) is 3.92. The average molecular weight is 252 g/mol. The predicted octanol–water partition coefficient (Wildman–Crippen LogP) is 0.394. The second-order valence-electron chi connectivity index (χ2n) is 3.93. The summed E-state index contributed by atoms with van der Waals surface area (Å²) in [5.74, 6) is -0.683. The van der Waals surface area contributed by atoms with Gasteiger partial charge in [0.15, 0.2) is 0 Å². The van der Waals surface area contributed by atoms with Crippen molar-refractivity contribution in [3.8, 4) is 11.5 Å². The number of amides is 2. The maximum absolute atomic E-state index is 11.8. The first kappa shape index (κ1) is 13.8. The van der Waals surface area contributed by atoms with Crippen LogP contribution in [0.5, 0.6) is 11.5 Å². The van der Waals surface area contributed by atoms with E-state index in [2.05, 4.69) is 5.32 Å². The zero-order valence-electron chi connectivity index (χ0n) is 10.3. The first-order valence-electron chi connectivity index (χ1n) is 5.40. The molecule has 0 aliphatic rings. The Kier molecular flexibility index (Phi) is 4.53. The van der Waals surface area contributed by atoms with Gasteiger partial charge in [0.05, 0.1) is 12.7 Å². The molecule has 0 aliphatic carbocycles. The van der Waals surface area contributed by atoms with Crippen LogP contribution < -0.4 is 15.8 Å². The van der Waals surface area contributed by atoms with E-state index < -0.39 is 17.9 Å². The van der Waals surface area contributed by atoms with Crippen molar-refractivity contribution in [2.45, 2.75) is 19.4 Å². The molecule has 1 aromatic carbocycles. The summed E-state index contributed by atoms with van der Waals surface area (Å²) in [5.41, 5.74) is 5.11. The first-order chi connectivity index (χ1) is 8.43. The van der Waals surface area contributed by atoms with Crippen LogP contribution in [-0.2, 0) is 4.79 Å². The summed E-state index contributed by atoms with van der Waals surface area (Å²) >= 11 is 0. The molecule has 0 saturated heterocycles. The van der Waals surface area contributed by atoms with Gasteiger partial charge in [0, 0.05) is 12.5 Å². The van der Waals surface area contributed by atoms with Crippen LogP contribution in [0.4, 0.5) is 0 Å². The number of ether oxygens (including phenoxy) is 1. The Labute approximate surface area is 105 Å². The second kappa shape index (κ2) is 5.90. The van der Waals surface area contributed by atoms with Gasteiger partial charge < -0.3 is 20.9 Å². The van der Waals surface area contributed by atoms with Gasteiger partial charge in [-0.05, 0) is 25.1 Å². The zero-order chi connectivity index (χ0) is 13.7. The van der Waals surface area contributed by atoms with Crippen molar-refractivity contribution in [1.29, 1.82) is 0 Å². The minimum absolute atomic E-state index is 0.0382. The molecule has 0 fully saturated rings. The average Bonchev–Trinajstić information content (AvgIpc) is 2.28. The van der Waals surface area contributed by atoms with Crippen LogP contribution in [0.3, 0.4) is 0 Å². The molecule has 1 unspecified atom stereocenters. The fraction of sp³-hybridized carbons (Fsp3) is 0.333. The third kappa shape index (κ3) is 3.65. The summed E-state index contributed by atoms with van der Waals surface area (Å²) in [7, 11) is 1.46. The van der Waals surface area contributed by atoms with Gasteiger partial charge in [-0.3, -0.25) is 9.59 Å². The molecule has 0 bridgehead atoms. The molecular formula is C12H16N2O4. The largest absolute Gasteiger partial charge is 0.507 e. The Bertz CT molecular complexity index is 459. The Morgan fingerprint density at radius 3 is 2.72 bits per heavy atom. The molecule has 6 nitrogen and oxygen atoms in total. The Morgan fingerprint density at radius 2 is 2.17 bits per heavy atom. The maximum atomic E-state index is 11.8.